The van der Waals surface area contributed by atoms with Gasteiger partial charge in [-0.3, -0.25) is 10.2 Å². The summed E-state index contributed by atoms with van der Waals surface area (Å²) in [7, 11) is 1.57. The third-order valence-corrected chi connectivity index (χ3v) is 7.88. The van der Waals surface area contributed by atoms with Crippen molar-refractivity contribution < 1.29 is 19.0 Å². The van der Waals surface area contributed by atoms with E-state index in [1.807, 2.05) is 25.1 Å². The molecule has 10 heteroatoms. The number of nitrogens with one attached hydrogen (secondary N) is 1. The molecule has 0 aromatic heterocycles. The Morgan fingerprint density at radius 1 is 1.16 bits per heavy atom. The van der Waals surface area contributed by atoms with Crippen molar-refractivity contribution in [3.8, 4) is 17.2 Å². The topological polar surface area (TPSA) is 96.6 Å². The standard InChI is InChI=1S/C27H29IN4O4S/c1-5-16(3)18-7-9-19(10-8-18)35-11-12-36-24-21(28)14-17(15-22(24)34-4)13-20-25(29)32-27(30-26(20)33)37-23(6-2)31-32/h7-10,13-16,29H,5-6,11-12H2,1-4H3/b20-13-,29-25?. The van der Waals surface area contributed by atoms with E-state index in [1.165, 1.54) is 22.3 Å². The van der Waals surface area contributed by atoms with Crippen LogP contribution >= 0.6 is 34.4 Å². The van der Waals surface area contributed by atoms with E-state index in [0.717, 1.165) is 20.8 Å². The highest BCUT2D eigenvalue weighted by Gasteiger charge is 2.35. The molecule has 1 N–H and O–H groups in total. The van der Waals surface area contributed by atoms with Crippen LogP contribution in [0.2, 0.25) is 0 Å². The molecule has 8 nitrogen and oxygen atoms in total. The molecule has 0 saturated carbocycles. The summed E-state index contributed by atoms with van der Waals surface area (Å²) in [6, 6.07) is 11.8. The molecule has 2 heterocycles. The number of amidine groups is 2. The maximum atomic E-state index is 12.7. The molecule has 0 bridgehead atoms. The van der Waals surface area contributed by atoms with Crippen LogP contribution in [0.4, 0.5) is 0 Å². The van der Waals surface area contributed by atoms with Crippen molar-refractivity contribution in [2.75, 3.05) is 20.3 Å². The number of thioether (sulfide) groups is 1. The highest BCUT2D eigenvalue weighted by molar-refractivity contribution is 14.1. The first-order valence-corrected chi connectivity index (χ1v) is 14.0. The molecule has 0 spiro atoms. The zero-order valence-corrected chi connectivity index (χ0v) is 24.2. The Kier molecular flexibility index (Phi) is 8.91. The molecule has 2 aromatic rings. The van der Waals surface area contributed by atoms with E-state index in [-0.39, 0.29) is 11.4 Å². The number of aliphatic imine (C=N–C) groups is 1. The summed E-state index contributed by atoms with van der Waals surface area (Å²) in [5, 5.41) is 15.5. The van der Waals surface area contributed by atoms with Gasteiger partial charge in [-0.25, -0.2) is 0 Å². The van der Waals surface area contributed by atoms with Crippen molar-refractivity contribution in [3.63, 3.8) is 0 Å². The number of rotatable bonds is 10. The summed E-state index contributed by atoms with van der Waals surface area (Å²) in [5.41, 5.74) is 2.17. The summed E-state index contributed by atoms with van der Waals surface area (Å²) in [4.78, 5) is 16.8. The summed E-state index contributed by atoms with van der Waals surface area (Å²) in [5.74, 6) is 2.00. The largest absolute Gasteiger partial charge is 0.493 e. The van der Waals surface area contributed by atoms with Gasteiger partial charge >= 0.3 is 0 Å². The first kappa shape index (κ1) is 27.2. The SMILES string of the molecule is CCC1=NN2C(=N)/C(=C/c3cc(I)c(OCCOc4ccc(C(C)CC)cc4)c(OC)c3)C(=O)N=C2S1. The quantitative estimate of drug-likeness (QED) is 0.188. The van der Waals surface area contributed by atoms with Gasteiger partial charge in [0, 0.05) is 0 Å². The number of halogens is 1. The van der Waals surface area contributed by atoms with E-state index in [0.29, 0.717) is 47.8 Å². The van der Waals surface area contributed by atoms with Gasteiger partial charge in [-0.2, -0.15) is 15.1 Å². The molecule has 1 atom stereocenters. The molecular weight excluding hydrogens is 603 g/mol. The fraction of sp³-hybridized carbons (Fsp3) is 0.333. The molecule has 1 unspecified atom stereocenters. The Hall–Kier alpha value is -2.86. The number of carbonyl (C=O) groups excluding carboxylic acids is 1. The molecule has 2 aliphatic heterocycles. The summed E-state index contributed by atoms with van der Waals surface area (Å²) < 4.78 is 18.2. The lowest BCUT2D eigenvalue weighted by atomic mass is 9.99. The molecule has 0 radical (unpaired) electrons. The van der Waals surface area contributed by atoms with Gasteiger partial charge in [0.15, 0.2) is 17.3 Å². The van der Waals surface area contributed by atoms with Crippen LogP contribution in [-0.2, 0) is 4.79 Å². The minimum absolute atomic E-state index is 0.00887. The molecule has 0 saturated heterocycles. The van der Waals surface area contributed by atoms with E-state index < -0.39 is 5.91 Å². The van der Waals surface area contributed by atoms with Gasteiger partial charge in [-0.1, -0.05) is 32.9 Å². The van der Waals surface area contributed by atoms with Gasteiger partial charge in [-0.05, 0) is 94.6 Å². The molecule has 0 aliphatic carbocycles. The number of hydrogen-bond acceptors (Lipinski definition) is 7. The molecule has 4 rings (SSSR count). The average Bonchev–Trinajstić information content (AvgIpc) is 3.32. The van der Waals surface area contributed by atoms with Gasteiger partial charge in [0.2, 0.25) is 5.17 Å². The van der Waals surface area contributed by atoms with E-state index in [1.54, 1.807) is 19.3 Å². The van der Waals surface area contributed by atoms with Crippen LogP contribution < -0.4 is 14.2 Å². The zero-order valence-electron chi connectivity index (χ0n) is 21.2. The zero-order chi connectivity index (χ0) is 26.5. The van der Waals surface area contributed by atoms with Crippen molar-refractivity contribution in [1.29, 1.82) is 5.41 Å². The van der Waals surface area contributed by atoms with Crippen molar-refractivity contribution in [2.24, 2.45) is 10.1 Å². The first-order chi connectivity index (χ1) is 17.8. The number of amides is 1. The number of ether oxygens (including phenoxy) is 3. The van der Waals surface area contributed by atoms with Crippen molar-refractivity contribution in [2.45, 2.75) is 39.5 Å². The minimum Gasteiger partial charge on any atom is -0.493 e. The molecule has 1 amide bonds. The number of fused-ring (bicyclic) bond motifs is 1. The number of benzene rings is 2. The van der Waals surface area contributed by atoms with E-state index >= 15 is 0 Å². The van der Waals surface area contributed by atoms with Crippen molar-refractivity contribution in [1.82, 2.24) is 5.01 Å². The predicted molar refractivity (Wildman–Crippen MR) is 157 cm³/mol. The third-order valence-electron chi connectivity index (χ3n) is 6.02. The fourth-order valence-electron chi connectivity index (χ4n) is 3.74. The molecule has 0 fully saturated rings. The van der Waals surface area contributed by atoms with Gasteiger partial charge in [-0.15, -0.1) is 0 Å². The van der Waals surface area contributed by atoms with Crippen LogP contribution in [0, 0.1) is 8.98 Å². The van der Waals surface area contributed by atoms with E-state index in [9.17, 15) is 4.79 Å². The summed E-state index contributed by atoms with van der Waals surface area (Å²) >= 11 is 3.49. The van der Waals surface area contributed by atoms with Crippen LogP contribution in [0.25, 0.3) is 6.08 Å². The van der Waals surface area contributed by atoms with E-state index in [2.05, 4.69) is 58.7 Å². The fourth-order valence-corrected chi connectivity index (χ4v) is 5.34. The Bertz CT molecular complexity index is 1290. The molecule has 37 heavy (non-hydrogen) atoms. The van der Waals surface area contributed by atoms with Gasteiger partial charge < -0.3 is 14.2 Å². The number of nitrogens with zero attached hydrogens (tertiary/aromatic N) is 3. The molecule has 2 aliphatic rings. The highest BCUT2D eigenvalue weighted by Crippen LogP contribution is 2.36. The Morgan fingerprint density at radius 2 is 1.89 bits per heavy atom. The maximum Gasteiger partial charge on any atom is 0.283 e. The van der Waals surface area contributed by atoms with E-state index in [4.69, 9.17) is 19.6 Å². The second-order valence-electron chi connectivity index (χ2n) is 8.48. The first-order valence-electron chi connectivity index (χ1n) is 12.1. The number of methoxy groups -OCH3 is 1. The van der Waals surface area contributed by atoms with Crippen LogP contribution in [-0.4, -0.2) is 47.3 Å². The van der Waals surface area contributed by atoms with Crippen molar-refractivity contribution in [3.05, 3.63) is 56.7 Å². The maximum absolute atomic E-state index is 12.7. The lowest BCUT2D eigenvalue weighted by Gasteiger charge is -2.20. The highest BCUT2D eigenvalue weighted by atomic mass is 127. The number of hydrogen-bond donors (Lipinski definition) is 1. The Balaban J connectivity index is 1.43. The van der Waals surface area contributed by atoms with Gasteiger partial charge in [0.1, 0.15) is 24.0 Å². The summed E-state index contributed by atoms with van der Waals surface area (Å²) in [6.45, 7) is 7.09. The Labute approximate surface area is 234 Å². The minimum atomic E-state index is -0.458. The second-order valence-corrected chi connectivity index (χ2v) is 10.7. The van der Waals surface area contributed by atoms with Gasteiger partial charge in [0.25, 0.3) is 5.91 Å². The molecule has 2 aromatic carbocycles. The lowest BCUT2D eigenvalue weighted by molar-refractivity contribution is -0.114. The summed E-state index contributed by atoms with van der Waals surface area (Å²) in [6.07, 6.45) is 3.45. The number of hydrazone groups is 1. The average molecular weight is 633 g/mol. The predicted octanol–water partition coefficient (Wildman–Crippen LogP) is 6.30. The third kappa shape index (κ3) is 6.18. The Morgan fingerprint density at radius 3 is 2.57 bits per heavy atom. The normalized spacial score (nSPS) is 16.9. The second kappa shape index (κ2) is 12.1. The molecular formula is C27H29IN4O4S. The van der Waals surface area contributed by atoms with Crippen LogP contribution in [0.15, 0.2) is 52.1 Å². The van der Waals surface area contributed by atoms with Gasteiger partial charge in [0.05, 0.1) is 16.3 Å². The molecule has 194 valence electrons. The van der Waals surface area contributed by atoms with Crippen LogP contribution in [0.3, 0.4) is 0 Å². The van der Waals surface area contributed by atoms with Crippen LogP contribution in [0.1, 0.15) is 50.7 Å². The lowest BCUT2D eigenvalue weighted by Crippen LogP contribution is -2.35. The van der Waals surface area contributed by atoms with Crippen molar-refractivity contribution >= 4 is 62.4 Å². The smallest absolute Gasteiger partial charge is 0.283 e. The van der Waals surface area contributed by atoms with Crippen LogP contribution in [0.5, 0.6) is 17.2 Å². The monoisotopic (exact) mass is 632 g/mol. The number of carbonyl (C=O) groups is 1.